The summed E-state index contributed by atoms with van der Waals surface area (Å²) in [6.07, 6.45) is -0.00828. The van der Waals surface area contributed by atoms with Gasteiger partial charge in [0.1, 0.15) is 11.5 Å². The number of allylic oxidation sites excluding steroid dienone is 4. The topological polar surface area (TPSA) is 37.3 Å². The lowest BCUT2D eigenvalue weighted by atomic mass is 10.1. The fourth-order valence-electron chi connectivity index (χ4n) is 3.60. The first-order valence-corrected chi connectivity index (χ1v) is 14.9. The third-order valence-electron chi connectivity index (χ3n) is 5.64. The Morgan fingerprint density at radius 2 is 1.60 bits per heavy atom. The Bertz CT molecular complexity index is 994. The van der Waals surface area contributed by atoms with Gasteiger partial charge in [0.15, 0.2) is 5.60 Å². The molecule has 240 valence electrons. The average molecular weight is 596 g/mol. The summed E-state index contributed by atoms with van der Waals surface area (Å²) in [5.41, 5.74) is 2.55. The number of ether oxygens (including phenoxy) is 2. The number of likely N-dealkylation sites (N-methyl/N-ethyl adjacent to an activating group) is 1. The maximum atomic E-state index is 12.5. The van der Waals surface area contributed by atoms with Gasteiger partial charge < -0.3 is 9.47 Å². The summed E-state index contributed by atoms with van der Waals surface area (Å²) >= 11 is 0. The second-order valence-corrected chi connectivity index (χ2v) is 9.63. The maximum Gasteiger partial charge on any atom is 0.392 e. The molecule has 0 fully saturated rings. The second kappa shape index (κ2) is 21.7. The Labute approximate surface area is 254 Å². The van der Waals surface area contributed by atoms with Crippen molar-refractivity contribution in [2.45, 2.75) is 100 Å². The van der Waals surface area contributed by atoms with E-state index in [9.17, 15) is 13.2 Å². The number of hydrazone groups is 1. The monoisotopic (exact) mass is 595 g/mol. The molecule has 0 aliphatic heterocycles. The van der Waals surface area contributed by atoms with E-state index in [0.29, 0.717) is 43.3 Å². The minimum Gasteiger partial charge on any atom is -0.495 e. The van der Waals surface area contributed by atoms with Crippen LogP contribution in [-0.2, 0) is 11.3 Å². The van der Waals surface area contributed by atoms with Gasteiger partial charge in [-0.3, -0.25) is 9.91 Å². The van der Waals surface area contributed by atoms with Crippen LogP contribution in [0.5, 0.6) is 5.75 Å². The SMILES string of the molecule is C=C(CN(C)Cc1ccc(OC(C)(C)C(=C)OCC)cc1)N(CCC)/N=C(C)/C(/C=C\CC(F)(F)F)=C/C.CC.CC. The zero-order valence-corrected chi connectivity index (χ0v) is 28.0. The molecule has 0 unspecified atom stereocenters. The van der Waals surface area contributed by atoms with Gasteiger partial charge in [-0.1, -0.05) is 78.1 Å². The fraction of sp³-hybridized carbons (Fsp3) is 0.559. The van der Waals surface area contributed by atoms with E-state index in [-0.39, 0.29) is 0 Å². The summed E-state index contributed by atoms with van der Waals surface area (Å²) in [5, 5.41) is 6.51. The predicted octanol–water partition coefficient (Wildman–Crippen LogP) is 9.93. The van der Waals surface area contributed by atoms with Crippen LogP contribution in [0.2, 0.25) is 0 Å². The lowest BCUT2D eigenvalue weighted by molar-refractivity contribution is -0.125. The zero-order valence-electron chi connectivity index (χ0n) is 28.0. The molecule has 0 aliphatic carbocycles. The van der Waals surface area contributed by atoms with Crippen molar-refractivity contribution in [3.63, 3.8) is 0 Å². The molecule has 0 aliphatic rings. The van der Waals surface area contributed by atoms with Crippen molar-refractivity contribution < 1.29 is 22.6 Å². The van der Waals surface area contributed by atoms with E-state index < -0.39 is 18.2 Å². The normalized spacial score (nSPS) is 12.3. The van der Waals surface area contributed by atoms with Crippen LogP contribution in [0.15, 0.2) is 77.8 Å². The largest absolute Gasteiger partial charge is 0.495 e. The van der Waals surface area contributed by atoms with Gasteiger partial charge in [0.25, 0.3) is 0 Å². The standard InChI is InChI=1S/C30H44F3N3O2.2C2H6/c1-10-20-36(34-24(5)27(11-2)14-13-19-30(31,32)33)23(4)21-35(9)22-26-15-17-28(18-16-26)38-29(7,8)25(6)37-12-3;2*1-2/h11,13-18H,4,6,10,12,19-22H2,1-3,5,7-9H3;2*1-2H3/b14-13-,27-11+,34-24+;;. The van der Waals surface area contributed by atoms with Crippen LogP contribution in [-0.4, -0.2) is 54.1 Å². The van der Waals surface area contributed by atoms with Gasteiger partial charge in [-0.25, -0.2) is 0 Å². The van der Waals surface area contributed by atoms with Crippen molar-refractivity contribution >= 4 is 5.71 Å². The fourth-order valence-corrected chi connectivity index (χ4v) is 3.60. The number of alkyl halides is 3. The molecule has 0 saturated heterocycles. The van der Waals surface area contributed by atoms with Crippen LogP contribution in [0.4, 0.5) is 13.2 Å². The number of benzene rings is 1. The molecule has 0 heterocycles. The van der Waals surface area contributed by atoms with Crippen molar-refractivity contribution in [2.75, 3.05) is 26.7 Å². The van der Waals surface area contributed by atoms with E-state index in [4.69, 9.17) is 9.47 Å². The molecule has 42 heavy (non-hydrogen) atoms. The van der Waals surface area contributed by atoms with Crippen LogP contribution in [0, 0.1) is 0 Å². The Hall–Kier alpha value is -3.00. The first kappa shape index (κ1) is 41.1. The minimum absolute atomic E-state index is 0.540. The van der Waals surface area contributed by atoms with E-state index in [2.05, 4.69) is 23.2 Å². The summed E-state index contributed by atoms with van der Waals surface area (Å²) in [5.74, 6) is 1.31. The van der Waals surface area contributed by atoms with Crippen molar-refractivity contribution in [1.82, 2.24) is 9.91 Å². The highest BCUT2D eigenvalue weighted by atomic mass is 19.4. The Morgan fingerprint density at radius 1 is 1.02 bits per heavy atom. The summed E-state index contributed by atoms with van der Waals surface area (Å²) in [7, 11) is 2.00. The molecule has 0 N–H and O–H groups in total. The zero-order chi connectivity index (χ0) is 32.9. The molecule has 8 heteroatoms. The third kappa shape index (κ3) is 17.1. The van der Waals surface area contributed by atoms with Gasteiger partial charge in [0.2, 0.25) is 0 Å². The Kier molecular flexibility index (Phi) is 21.2. The van der Waals surface area contributed by atoms with E-state index in [1.165, 1.54) is 6.08 Å². The van der Waals surface area contributed by atoms with Crippen molar-refractivity contribution in [3.05, 3.63) is 78.2 Å². The second-order valence-electron chi connectivity index (χ2n) is 9.63. The number of hydrogen-bond acceptors (Lipinski definition) is 5. The first-order chi connectivity index (χ1) is 19.7. The lowest BCUT2D eigenvalue weighted by Gasteiger charge is -2.28. The first-order valence-electron chi connectivity index (χ1n) is 14.9. The maximum absolute atomic E-state index is 12.5. The Morgan fingerprint density at radius 3 is 2.07 bits per heavy atom. The molecule has 0 aromatic heterocycles. The van der Waals surface area contributed by atoms with Gasteiger partial charge in [-0.05, 0) is 71.4 Å². The number of rotatable bonds is 16. The van der Waals surface area contributed by atoms with Crippen LogP contribution in [0.3, 0.4) is 0 Å². The quantitative estimate of drug-likeness (QED) is 0.0825. The highest BCUT2D eigenvalue weighted by Gasteiger charge is 2.26. The molecule has 1 rings (SSSR count). The number of nitrogens with zero attached hydrogens (tertiary/aromatic N) is 3. The van der Waals surface area contributed by atoms with E-state index >= 15 is 0 Å². The van der Waals surface area contributed by atoms with E-state index in [0.717, 1.165) is 29.5 Å². The van der Waals surface area contributed by atoms with Crippen molar-refractivity contribution in [1.29, 1.82) is 0 Å². The molecular formula is C34H56F3N3O2. The molecular weight excluding hydrogens is 539 g/mol. The summed E-state index contributed by atoms with van der Waals surface area (Å²) in [6.45, 7) is 30.0. The van der Waals surface area contributed by atoms with E-state index in [1.54, 1.807) is 19.9 Å². The van der Waals surface area contributed by atoms with Gasteiger partial charge in [0.05, 0.1) is 18.7 Å². The van der Waals surface area contributed by atoms with Crippen LogP contribution in [0.25, 0.3) is 0 Å². The average Bonchev–Trinajstić information content (AvgIpc) is 2.93. The summed E-state index contributed by atoms with van der Waals surface area (Å²) in [6, 6.07) is 7.90. The van der Waals surface area contributed by atoms with Crippen LogP contribution in [0.1, 0.15) is 87.6 Å². The number of hydrogen-bond donors (Lipinski definition) is 0. The highest BCUT2D eigenvalue weighted by molar-refractivity contribution is 6.00. The van der Waals surface area contributed by atoms with Crippen molar-refractivity contribution in [2.24, 2.45) is 5.10 Å². The molecule has 0 spiro atoms. The molecule has 5 nitrogen and oxygen atoms in total. The Balaban J connectivity index is 0. The highest BCUT2D eigenvalue weighted by Crippen LogP contribution is 2.25. The molecule has 0 atom stereocenters. The predicted molar refractivity (Wildman–Crippen MR) is 174 cm³/mol. The van der Waals surface area contributed by atoms with Gasteiger partial charge in [-0.2, -0.15) is 18.3 Å². The van der Waals surface area contributed by atoms with Crippen LogP contribution >= 0.6 is 0 Å². The summed E-state index contributed by atoms with van der Waals surface area (Å²) < 4.78 is 49.1. The lowest BCUT2D eigenvalue weighted by Crippen LogP contribution is -2.31. The minimum atomic E-state index is -4.23. The van der Waals surface area contributed by atoms with Gasteiger partial charge in [0, 0.05) is 25.3 Å². The summed E-state index contributed by atoms with van der Waals surface area (Å²) in [4.78, 5) is 2.13. The third-order valence-corrected chi connectivity index (χ3v) is 5.64. The molecule has 0 saturated carbocycles. The molecule has 0 amide bonds. The smallest absolute Gasteiger partial charge is 0.392 e. The van der Waals surface area contributed by atoms with Crippen LogP contribution < -0.4 is 4.74 Å². The molecule has 0 radical (unpaired) electrons. The molecule has 0 bridgehead atoms. The van der Waals surface area contributed by atoms with Crippen molar-refractivity contribution in [3.8, 4) is 5.75 Å². The van der Waals surface area contributed by atoms with E-state index in [1.807, 2.05) is 91.7 Å². The molecule has 1 aromatic rings. The number of halogens is 3. The van der Waals surface area contributed by atoms with Gasteiger partial charge in [-0.15, -0.1) is 0 Å². The van der Waals surface area contributed by atoms with Gasteiger partial charge >= 0.3 is 6.18 Å². The molecule has 1 aromatic carbocycles.